The highest BCUT2D eigenvalue weighted by Gasteiger charge is 2.52. The van der Waals surface area contributed by atoms with Crippen molar-refractivity contribution in [2.75, 3.05) is 0 Å². The lowest BCUT2D eigenvalue weighted by atomic mass is 9.81. The van der Waals surface area contributed by atoms with Crippen molar-refractivity contribution in [2.24, 2.45) is 0 Å². The zero-order valence-corrected chi connectivity index (χ0v) is 10.7. The first-order chi connectivity index (χ1) is 9.88. The molecule has 0 saturated heterocycles. The van der Waals surface area contributed by atoms with E-state index in [1.54, 1.807) is 30.3 Å². The molecular weight excluding hydrogens is 278 g/mol. The normalized spacial score (nSPS) is 21.1. The van der Waals surface area contributed by atoms with E-state index in [0.717, 1.165) is 12.2 Å². The Morgan fingerprint density at radius 2 is 1.81 bits per heavy atom. The third-order valence-electron chi connectivity index (χ3n) is 3.35. The smallest absolute Gasteiger partial charge is 0.387 e. The highest BCUT2D eigenvalue weighted by Crippen LogP contribution is 2.36. The molecule has 0 amide bonds. The second-order valence-corrected chi connectivity index (χ2v) is 4.56. The van der Waals surface area contributed by atoms with Crippen molar-refractivity contribution in [3.8, 4) is 0 Å². The minimum absolute atomic E-state index is 0.129. The summed E-state index contributed by atoms with van der Waals surface area (Å²) in [4.78, 5) is 32.8. The number of nitro groups is 1. The van der Waals surface area contributed by atoms with Crippen LogP contribution in [0.4, 0.5) is 0 Å². The predicted octanol–water partition coefficient (Wildman–Crippen LogP) is 1.58. The van der Waals surface area contributed by atoms with E-state index in [1.807, 2.05) is 0 Å². The average molecular weight is 289 g/mol. The van der Waals surface area contributed by atoms with E-state index in [-0.39, 0.29) is 11.1 Å². The number of carbonyl (C=O) groups is 2. The maximum Gasteiger partial charge on any atom is 0.387 e. The molecule has 0 spiro atoms. The van der Waals surface area contributed by atoms with E-state index in [2.05, 4.69) is 0 Å². The molecule has 2 N–H and O–H groups in total. The molecule has 2 rings (SSSR count). The van der Waals surface area contributed by atoms with Crippen LogP contribution in [0.5, 0.6) is 0 Å². The molecule has 0 saturated carbocycles. The van der Waals surface area contributed by atoms with Gasteiger partial charge in [0.1, 0.15) is 0 Å². The van der Waals surface area contributed by atoms with Crippen LogP contribution in [-0.4, -0.2) is 32.6 Å². The molecule has 108 valence electrons. The third kappa shape index (κ3) is 2.40. The van der Waals surface area contributed by atoms with Crippen LogP contribution in [0.25, 0.3) is 5.57 Å². The SMILES string of the molecule is O=C(O)C1=C(c2ccccc2)CC(C(=O)O)([N+](=O)[O-])C=C1. The highest BCUT2D eigenvalue weighted by atomic mass is 16.6. The number of nitrogens with zero attached hydrogens (tertiary/aromatic N) is 1. The van der Waals surface area contributed by atoms with Crippen molar-refractivity contribution in [1.29, 1.82) is 0 Å². The molecule has 1 aliphatic rings. The van der Waals surface area contributed by atoms with Crippen LogP contribution in [0, 0.1) is 10.1 Å². The quantitative estimate of drug-likeness (QED) is 0.641. The maximum absolute atomic E-state index is 11.3. The van der Waals surface area contributed by atoms with Gasteiger partial charge in [-0.05, 0) is 17.2 Å². The molecule has 0 aromatic heterocycles. The molecule has 1 unspecified atom stereocenters. The van der Waals surface area contributed by atoms with Gasteiger partial charge in [-0.3, -0.25) is 10.1 Å². The van der Waals surface area contributed by atoms with E-state index >= 15 is 0 Å². The van der Waals surface area contributed by atoms with E-state index in [9.17, 15) is 29.9 Å². The second kappa shape index (κ2) is 5.20. The van der Waals surface area contributed by atoms with Crippen molar-refractivity contribution >= 4 is 17.5 Å². The van der Waals surface area contributed by atoms with Gasteiger partial charge >= 0.3 is 17.5 Å². The van der Waals surface area contributed by atoms with Crippen LogP contribution in [0.1, 0.15) is 12.0 Å². The van der Waals surface area contributed by atoms with Crippen LogP contribution in [0.3, 0.4) is 0 Å². The fraction of sp³-hybridized carbons (Fsp3) is 0.143. The molecule has 0 fully saturated rings. The molecular formula is C14H11NO6. The lowest BCUT2D eigenvalue weighted by Gasteiger charge is -2.23. The molecule has 7 heteroatoms. The summed E-state index contributed by atoms with van der Waals surface area (Å²) in [5, 5.41) is 29.6. The summed E-state index contributed by atoms with van der Waals surface area (Å²) in [6.45, 7) is 0. The lowest BCUT2D eigenvalue weighted by Crippen LogP contribution is -2.46. The summed E-state index contributed by atoms with van der Waals surface area (Å²) < 4.78 is 0. The molecule has 1 aliphatic carbocycles. The van der Waals surface area contributed by atoms with E-state index in [4.69, 9.17) is 0 Å². The van der Waals surface area contributed by atoms with Gasteiger partial charge in [0.2, 0.25) is 0 Å². The molecule has 0 aliphatic heterocycles. The minimum atomic E-state index is -2.34. The van der Waals surface area contributed by atoms with Crippen molar-refractivity contribution in [3.05, 3.63) is 63.7 Å². The van der Waals surface area contributed by atoms with Crippen molar-refractivity contribution in [2.45, 2.75) is 12.0 Å². The van der Waals surface area contributed by atoms with E-state index in [0.29, 0.717) is 5.56 Å². The Labute approximate surface area is 119 Å². The standard InChI is InChI=1S/C14H11NO6/c16-12(17)10-6-7-14(13(18)19,15(20)21)8-11(10)9-4-2-1-3-5-9/h1-7H,8H2,(H,16,17)(H,18,19). The van der Waals surface area contributed by atoms with Crippen LogP contribution in [0.2, 0.25) is 0 Å². The van der Waals surface area contributed by atoms with Gasteiger partial charge in [0, 0.05) is 11.0 Å². The number of hydrogen-bond donors (Lipinski definition) is 2. The molecule has 1 aromatic rings. The number of aliphatic carboxylic acids is 2. The summed E-state index contributed by atoms with van der Waals surface area (Å²) in [7, 11) is 0. The Hall–Kier alpha value is -2.96. The fourth-order valence-corrected chi connectivity index (χ4v) is 2.19. The summed E-state index contributed by atoms with van der Waals surface area (Å²) in [6, 6.07) is 8.18. The Bertz CT molecular complexity index is 660. The average Bonchev–Trinajstić information content (AvgIpc) is 2.46. The molecule has 7 nitrogen and oxygen atoms in total. The minimum Gasteiger partial charge on any atom is -0.478 e. The van der Waals surface area contributed by atoms with Gasteiger partial charge in [-0.2, -0.15) is 0 Å². The topological polar surface area (TPSA) is 118 Å². The largest absolute Gasteiger partial charge is 0.478 e. The molecule has 0 radical (unpaired) electrons. The molecule has 0 bridgehead atoms. The van der Waals surface area contributed by atoms with Crippen molar-refractivity contribution < 1.29 is 24.7 Å². The van der Waals surface area contributed by atoms with Gasteiger partial charge in [-0.25, -0.2) is 9.59 Å². The zero-order valence-electron chi connectivity index (χ0n) is 10.7. The first kappa shape index (κ1) is 14.4. The van der Waals surface area contributed by atoms with E-state index < -0.39 is 28.8 Å². The summed E-state index contributed by atoms with van der Waals surface area (Å²) in [6.07, 6.45) is 1.30. The van der Waals surface area contributed by atoms with Gasteiger partial charge in [0.15, 0.2) is 0 Å². The van der Waals surface area contributed by atoms with Gasteiger partial charge in [0.05, 0.1) is 12.0 Å². The van der Waals surface area contributed by atoms with Gasteiger partial charge in [-0.1, -0.05) is 30.3 Å². The number of benzene rings is 1. The summed E-state index contributed by atoms with van der Waals surface area (Å²) in [5.74, 6) is -2.88. The molecule has 21 heavy (non-hydrogen) atoms. The second-order valence-electron chi connectivity index (χ2n) is 4.56. The maximum atomic E-state index is 11.3. The van der Waals surface area contributed by atoms with Crippen molar-refractivity contribution in [3.63, 3.8) is 0 Å². The Morgan fingerprint density at radius 1 is 1.19 bits per heavy atom. The fourth-order valence-electron chi connectivity index (χ4n) is 2.19. The first-order valence-corrected chi connectivity index (χ1v) is 5.97. The number of carboxylic acid groups (broad SMARTS) is 2. The number of carboxylic acids is 2. The Morgan fingerprint density at radius 3 is 2.29 bits per heavy atom. The van der Waals surface area contributed by atoms with Crippen LogP contribution >= 0.6 is 0 Å². The molecule has 1 aromatic carbocycles. The van der Waals surface area contributed by atoms with Crippen LogP contribution in [0.15, 0.2) is 48.1 Å². The van der Waals surface area contributed by atoms with Crippen LogP contribution in [-0.2, 0) is 9.59 Å². The number of rotatable bonds is 4. The summed E-state index contributed by atoms with van der Waals surface area (Å²) in [5.41, 5.74) is -1.90. The monoisotopic (exact) mass is 289 g/mol. The van der Waals surface area contributed by atoms with E-state index in [1.165, 1.54) is 0 Å². The van der Waals surface area contributed by atoms with Crippen LogP contribution < -0.4 is 0 Å². The Kier molecular flexibility index (Phi) is 3.58. The third-order valence-corrected chi connectivity index (χ3v) is 3.35. The predicted molar refractivity (Wildman–Crippen MR) is 72.1 cm³/mol. The lowest BCUT2D eigenvalue weighted by molar-refractivity contribution is -0.539. The molecule has 1 atom stereocenters. The van der Waals surface area contributed by atoms with Crippen molar-refractivity contribution in [1.82, 2.24) is 0 Å². The Balaban J connectivity index is 2.61. The highest BCUT2D eigenvalue weighted by molar-refractivity contribution is 6.02. The number of hydrogen-bond acceptors (Lipinski definition) is 4. The van der Waals surface area contributed by atoms with Gasteiger partial charge in [0.25, 0.3) is 0 Å². The summed E-state index contributed by atoms with van der Waals surface area (Å²) >= 11 is 0. The van der Waals surface area contributed by atoms with Gasteiger partial charge in [-0.15, -0.1) is 0 Å². The molecule has 0 heterocycles. The first-order valence-electron chi connectivity index (χ1n) is 5.97. The zero-order chi connectivity index (χ0) is 15.6. The van der Waals surface area contributed by atoms with Gasteiger partial charge < -0.3 is 10.2 Å².